The highest BCUT2D eigenvalue weighted by atomic mass is 35.5. The Labute approximate surface area is 155 Å². The molecule has 2 heterocycles. The van der Waals surface area contributed by atoms with Gasteiger partial charge in [-0.05, 0) is 42.3 Å². The minimum atomic E-state index is -0.392. The van der Waals surface area contributed by atoms with E-state index in [0.29, 0.717) is 53.8 Å². The van der Waals surface area contributed by atoms with E-state index in [-0.39, 0.29) is 5.91 Å². The van der Waals surface area contributed by atoms with E-state index < -0.39 is 5.97 Å². The predicted molar refractivity (Wildman–Crippen MR) is 95.6 cm³/mol. The number of carbonyl (C=O) groups is 2. The number of anilines is 1. The number of methoxy groups -OCH3 is 1. The number of carbonyl (C=O) groups excluding carboxylic acids is 2. The minimum Gasteiger partial charge on any atom is -0.486 e. The topological polar surface area (TPSA) is 65.1 Å². The Kier molecular flexibility index (Phi) is 4.20. The van der Waals surface area contributed by atoms with Gasteiger partial charge in [-0.1, -0.05) is 11.6 Å². The largest absolute Gasteiger partial charge is 0.486 e. The first-order valence-corrected chi connectivity index (χ1v) is 8.58. The van der Waals surface area contributed by atoms with Crippen molar-refractivity contribution in [2.75, 3.05) is 31.8 Å². The van der Waals surface area contributed by atoms with Gasteiger partial charge in [-0.2, -0.15) is 0 Å². The van der Waals surface area contributed by atoms with Gasteiger partial charge in [-0.25, -0.2) is 4.79 Å². The highest BCUT2D eigenvalue weighted by molar-refractivity contribution is 6.33. The van der Waals surface area contributed by atoms with Gasteiger partial charge in [0.05, 0.1) is 17.7 Å². The lowest BCUT2D eigenvalue weighted by molar-refractivity contribution is 0.0600. The number of rotatable bonds is 2. The fourth-order valence-corrected chi connectivity index (χ4v) is 3.51. The quantitative estimate of drug-likeness (QED) is 0.757. The molecule has 0 aliphatic carbocycles. The molecule has 0 aromatic heterocycles. The van der Waals surface area contributed by atoms with Crippen molar-refractivity contribution in [3.63, 3.8) is 0 Å². The summed E-state index contributed by atoms with van der Waals surface area (Å²) in [5, 5.41) is 0.353. The molecule has 6 nitrogen and oxygen atoms in total. The first-order chi connectivity index (χ1) is 12.6. The fraction of sp³-hybridized carbons (Fsp3) is 0.263. The molecule has 1 amide bonds. The number of halogens is 1. The van der Waals surface area contributed by atoms with E-state index in [4.69, 9.17) is 25.8 Å². The van der Waals surface area contributed by atoms with E-state index in [2.05, 4.69) is 0 Å². The van der Waals surface area contributed by atoms with Gasteiger partial charge in [-0.15, -0.1) is 0 Å². The van der Waals surface area contributed by atoms with Crippen molar-refractivity contribution in [3.05, 3.63) is 52.0 Å². The molecular formula is C19H16ClNO5. The molecule has 7 heteroatoms. The highest BCUT2D eigenvalue weighted by Crippen LogP contribution is 2.39. The van der Waals surface area contributed by atoms with E-state index in [1.54, 1.807) is 35.2 Å². The van der Waals surface area contributed by atoms with Crippen LogP contribution in [0.15, 0.2) is 30.3 Å². The maximum atomic E-state index is 13.0. The number of esters is 1. The highest BCUT2D eigenvalue weighted by Gasteiger charge is 2.28. The molecule has 2 aromatic rings. The number of nitrogens with zero attached hydrogens (tertiary/aromatic N) is 1. The van der Waals surface area contributed by atoms with Gasteiger partial charge in [-0.3, -0.25) is 4.79 Å². The Morgan fingerprint density at radius 2 is 1.92 bits per heavy atom. The smallest absolute Gasteiger partial charge is 0.337 e. The molecule has 0 unspecified atom stereocenters. The molecule has 0 saturated carbocycles. The molecule has 0 saturated heterocycles. The normalized spacial score (nSPS) is 14.8. The fourth-order valence-electron chi connectivity index (χ4n) is 3.25. The summed E-state index contributed by atoms with van der Waals surface area (Å²) in [4.78, 5) is 26.4. The van der Waals surface area contributed by atoms with Gasteiger partial charge in [0.25, 0.3) is 5.91 Å². The molecule has 4 rings (SSSR count). The van der Waals surface area contributed by atoms with Crippen LogP contribution in [0.3, 0.4) is 0 Å². The second-order valence-electron chi connectivity index (χ2n) is 6.02. The van der Waals surface area contributed by atoms with Gasteiger partial charge in [0.15, 0.2) is 11.5 Å². The summed E-state index contributed by atoms with van der Waals surface area (Å²) in [6.45, 7) is 1.39. The molecule has 134 valence electrons. The molecular weight excluding hydrogens is 358 g/mol. The van der Waals surface area contributed by atoms with E-state index >= 15 is 0 Å². The Balaban J connectivity index is 1.65. The summed E-state index contributed by atoms with van der Waals surface area (Å²) in [5.74, 6) is 0.385. The third-order valence-corrected chi connectivity index (χ3v) is 4.77. The van der Waals surface area contributed by atoms with Crippen molar-refractivity contribution < 1.29 is 23.8 Å². The molecule has 2 aliphatic rings. The summed E-state index contributed by atoms with van der Waals surface area (Å²) in [6.07, 6.45) is 0.671. The summed E-state index contributed by atoms with van der Waals surface area (Å²) in [6, 6.07) is 8.45. The Morgan fingerprint density at radius 1 is 1.12 bits per heavy atom. The minimum absolute atomic E-state index is 0.173. The first-order valence-electron chi connectivity index (χ1n) is 8.20. The Hall–Kier alpha value is -2.73. The summed E-state index contributed by atoms with van der Waals surface area (Å²) >= 11 is 6.24. The van der Waals surface area contributed by atoms with Crippen molar-refractivity contribution in [3.8, 4) is 11.5 Å². The summed E-state index contributed by atoms with van der Waals surface area (Å²) in [5.41, 5.74) is 2.63. The van der Waals surface area contributed by atoms with Crippen LogP contribution in [0, 0.1) is 0 Å². The second-order valence-corrected chi connectivity index (χ2v) is 6.43. The van der Waals surface area contributed by atoms with E-state index in [0.717, 1.165) is 11.3 Å². The molecule has 0 radical (unpaired) electrons. The van der Waals surface area contributed by atoms with Crippen molar-refractivity contribution >= 4 is 29.2 Å². The Morgan fingerprint density at radius 3 is 2.73 bits per heavy atom. The predicted octanol–water partition coefficient (Wildman–Crippen LogP) is 3.10. The number of ether oxygens (including phenoxy) is 3. The van der Waals surface area contributed by atoms with Crippen molar-refractivity contribution in [1.82, 2.24) is 0 Å². The van der Waals surface area contributed by atoms with Gasteiger partial charge in [0, 0.05) is 17.8 Å². The van der Waals surface area contributed by atoms with Gasteiger partial charge in [0.2, 0.25) is 0 Å². The Bertz CT molecular complexity index is 911. The van der Waals surface area contributed by atoms with Crippen LogP contribution in [0.2, 0.25) is 5.02 Å². The zero-order valence-electron chi connectivity index (χ0n) is 14.1. The van der Waals surface area contributed by atoms with E-state index in [9.17, 15) is 9.59 Å². The molecule has 0 fully saturated rings. The van der Waals surface area contributed by atoms with Gasteiger partial charge in [0.1, 0.15) is 13.2 Å². The third-order valence-electron chi connectivity index (χ3n) is 4.49. The lowest BCUT2D eigenvalue weighted by Gasteiger charge is -2.22. The average Bonchev–Trinajstić information content (AvgIpc) is 3.09. The monoisotopic (exact) mass is 373 g/mol. The number of hydrogen-bond donors (Lipinski definition) is 0. The van der Waals surface area contributed by atoms with Crippen LogP contribution >= 0.6 is 11.6 Å². The van der Waals surface area contributed by atoms with Crippen LogP contribution in [0.4, 0.5) is 5.69 Å². The van der Waals surface area contributed by atoms with E-state index in [1.807, 2.05) is 0 Å². The summed E-state index contributed by atoms with van der Waals surface area (Å²) in [7, 11) is 1.34. The lowest BCUT2D eigenvalue weighted by atomic mass is 10.1. The van der Waals surface area contributed by atoms with Crippen molar-refractivity contribution in [2.24, 2.45) is 0 Å². The van der Waals surface area contributed by atoms with Crippen LogP contribution < -0.4 is 14.4 Å². The maximum absolute atomic E-state index is 13.0. The molecule has 0 bridgehead atoms. The second kappa shape index (κ2) is 6.53. The number of amides is 1. The molecule has 2 aliphatic heterocycles. The zero-order chi connectivity index (χ0) is 18.3. The van der Waals surface area contributed by atoms with Crippen molar-refractivity contribution in [1.29, 1.82) is 0 Å². The van der Waals surface area contributed by atoms with E-state index in [1.165, 1.54) is 7.11 Å². The van der Waals surface area contributed by atoms with Crippen LogP contribution in [-0.2, 0) is 11.2 Å². The number of hydrogen-bond acceptors (Lipinski definition) is 5. The SMILES string of the molecule is COC(=O)c1ccc2c(c1)CCN2C(=O)c1cc(Cl)c2c(c1)OCCO2. The summed E-state index contributed by atoms with van der Waals surface area (Å²) < 4.78 is 15.8. The average molecular weight is 374 g/mol. The molecule has 2 aromatic carbocycles. The first kappa shape index (κ1) is 16.7. The maximum Gasteiger partial charge on any atom is 0.337 e. The van der Waals surface area contributed by atoms with Crippen LogP contribution in [0.5, 0.6) is 11.5 Å². The van der Waals surface area contributed by atoms with Crippen LogP contribution in [0.25, 0.3) is 0 Å². The van der Waals surface area contributed by atoms with Crippen molar-refractivity contribution in [2.45, 2.75) is 6.42 Å². The lowest BCUT2D eigenvalue weighted by Crippen LogP contribution is -2.29. The van der Waals surface area contributed by atoms with Gasteiger partial charge < -0.3 is 19.1 Å². The number of fused-ring (bicyclic) bond motifs is 2. The molecule has 26 heavy (non-hydrogen) atoms. The zero-order valence-corrected chi connectivity index (χ0v) is 14.8. The van der Waals surface area contributed by atoms with Gasteiger partial charge >= 0.3 is 5.97 Å². The third kappa shape index (κ3) is 2.76. The molecule has 0 N–H and O–H groups in total. The molecule has 0 spiro atoms. The van der Waals surface area contributed by atoms with Crippen LogP contribution in [-0.4, -0.2) is 38.7 Å². The number of benzene rings is 2. The molecule has 0 atom stereocenters. The standard InChI is InChI=1S/C19H16ClNO5/c1-24-19(23)12-2-3-15-11(8-12)4-5-21(15)18(22)13-9-14(20)17-16(10-13)25-6-7-26-17/h2-3,8-10H,4-7H2,1H3. The van der Waals surface area contributed by atoms with Crippen LogP contribution in [0.1, 0.15) is 26.3 Å².